The van der Waals surface area contributed by atoms with Gasteiger partial charge in [0.1, 0.15) is 6.61 Å². The van der Waals surface area contributed by atoms with E-state index >= 15 is 0 Å². The van der Waals surface area contributed by atoms with Gasteiger partial charge in [-0.15, -0.1) is 0 Å². The van der Waals surface area contributed by atoms with Crippen LogP contribution in [0, 0.1) is 0 Å². The van der Waals surface area contributed by atoms with E-state index in [0.717, 1.165) is 31.3 Å². The predicted octanol–water partition coefficient (Wildman–Crippen LogP) is 9.60. The van der Waals surface area contributed by atoms with E-state index in [4.69, 9.17) is 9.47 Å². The molecule has 220 valence electrons. The highest BCUT2D eigenvalue weighted by atomic mass is 79.9. The molecule has 0 unspecified atom stereocenters. The third-order valence-electron chi connectivity index (χ3n) is 6.28. The molecule has 0 aliphatic carbocycles. The fourth-order valence-electron chi connectivity index (χ4n) is 4.15. The molecule has 0 N–H and O–H groups in total. The van der Waals surface area contributed by atoms with Crippen LogP contribution in [0.3, 0.4) is 0 Å². The van der Waals surface area contributed by atoms with E-state index in [1.165, 1.54) is 25.5 Å². The maximum absolute atomic E-state index is 13.5. The van der Waals surface area contributed by atoms with Crippen molar-refractivity contribution < 1.29 is 22.6 Å². The Morgan fingerprint density at radius 2 is 1.72 bits per heavy atom. The quantitative estimate of drug-likeness (QED) is 0.153. The van der Waals surface area contributed by atoms with Gasteiger partial charge in [-0.3, -0.25) is 4.79 Å². The number of hydrogen-bond donors (Lipinski definition) is 0. The van der Waals surface area contributed by atoms with Crippen LogP contribution in [0.25, 0.3) is 22.3 Å². The number of para-hydroxylation sites is 1. The van der Waals surface area contributed by atoms with Crippen LogP contribution in [0.15, 0.2) is 101 Å². The highest BCUT2D eigenvalue weighted by Crippen LogP contribution is 2.43. The van der Waals surface area contributed by atoms with Crippen molar-refractivity contribution in [3.05, 3.63) is 118 Å². The second-order valence-electron chi connectivity index (χ2n) is 9.04. The van der Waals surface area contributed by atoms with Crippen molar-refractivity contribution in [1.82, 2.24) is 9.66 Å². The zero-order valence-electron chi connectivity index (χ0n) is 21.9. The van der Waals surface area contributed by atoms with Crippen molar-refractivity contribution in [3.8, 4) is 22.9 Å². The molecule has 0 saturated carbocycles. The average molecular weight is 845 g/mol. The van der Waals surface area contributed by atoms with E-state index in [1.807, 2.05) is 18.2 Å². The van der Waals surface area contributed by atoms with E-state index < -0.39 is 17.3 Å². The minimum Gasteiger partial charge on any atom is -0.493 e. The molecule has 0 atom stereocenters. The first kappa shape index (κ1) is 31.4. The molecule has 5 rings (SSSR count). The van der Waals surface area contributed by atoms with Gasteiger partial charge < -0.3 is 9.47 Å². The summed E-state index contributed by atoms with van der Waals surface area (Å²) in [5.74, 6) is 0.760. The summed E-state index contributed by atoms with van der Waals surface area (Å²) in [4.78, 5) is 18.0. The molecule has 0 aliphatic rings. The number of benzene rings is 4. The van der Waals surface area contributed by atoms with Crippen LogP contribution in [-0.2, 0) is 12.8 Å². The first-order valence-electron chi connectivity index (χ1n) is 12.3. The molecule has 6 nitrogen and oxygen atoms in total. The molecule has 4 aromatic carbocycles. The molecule has 1 heterocycles. The lowest BCUT2D eigenvalue weighted by atomic mass is 10.1. The Bertz CT molecular complexity index is 1940. The first-order valence-corrected chi connectivity index (χ1v) is 15.5. The van der Waals surface area contributed by atoms with E-state index in [-0.39, 0.29) is 23.4 Å². The number of hydrogen-bond acceptors (Lipinski definition) is 5. The molecule has 0 radical (unpaired) electrons. The number of ether oxygens (including phenoxy) is 2. The molecular weight excluding hydrogens is 827 g/mol. The first-order chi connectivity index (χ1) is 20.5. The summed E-state index contributed by atoms with van der Waals surface area (Å²) in [6, 6.07) is 18.6. The zero-order valence-corrected chi connectivity index (χ0v) is 28.3. The van der Waals surface area contributed by atoms with Crippen molar-refractivity contribution in [1.29, 1.82) is 0 Å². The third kappa shape index (κ3) is 6.74. The van der Waals surface area contributed by atoms with Crippen LogP contribution in [0.2, 0.25) is 0 Å². The lowest BCUT2D eigenvalue weighted by Gasteiger charge is -2.16. The molecule has 0 fully saturated rings. The Morgan fingerprint density at radius 3 is 2.44 bits per heavy atom. The van der Waals surface area contributed by atoms with Crippen LogP contribution < -0.4 is 15.0 Å². The topological polar surface area (TPSA) is 65.7 Å². The summed E-state index contributed by atoms with van der Waals surface area (Å²) in [6.45, 7) is 0.237. The van der Waals surface area contributed by atoms with Gasteiger partial charge in [0.15, 0.2) is 17.3 Å². The number of nitrogens with zero attached hydrogens (tertiary/aromatic N) is 3. The summed E-state index contributed by atoms with van der Waals surface area (Å²) >= 11 is 14.1. The highest BCUT2D eigenvalue weighted by Gasteiger charge is 2.31. The minimum atomic E-state index is -4.58. The van der Waals surface area contributed by atoms with Crippen LogP contribution in [0.4, 0.5) is 13.2 Å². The normalized spacial score (nSPS) is 11.8. The van der Waals surface area contributed by atoms with Crippen molar-refractivity contribution in [2.45, 2.75) is 12.8 Å². The zero-order chi connectivity index (χ0) is 30.9. The SMILES string of the molecule is COc1cc(C=Nn2c(-c3cccc(C(F)(F)F)c3)nc3ccccc3c2=O)c(Br)c(Br)c1OCc1ccc(Br)cc1Br. The van der Waals surface area contributed by atoms with Crippen molar-refractivity contribution in [2.24, 2.45) is 5.10 Å². The molecule has 43 heavy (non-hydrogen) atoms. The van der Waals surface area contributed by atoms with Gasteiger partial charge in [0.25, 0.3) is 5.56 Å². The molecular formula is C30H18Br4F3N3O3. The van der Waals surface area contributed by atoms with Gasteiger partial charge in [0.05, 0.1) is 34.3 Å². The van der Waals surface area contributed by atoms with Crippen LogP contribution >= 0.6 is 63.7 Å². The Morgan fingerprint density at radius 1 is 0.953 bits per heavy atom. The Kier molecular flexibility index (Phi) is 9.45. The van der Waals surface area contributed by atoms with Gasteiger partial charge in [-0.25, -0.2) is 4.98 Å². The fourth-order valence-corrected chi connectivity index (χ4v) is 6.24. The average Bonchev–Trinajstić information content (AvgIpc) is 2.98. The van der Waals surface area contributed by atoms with E-state index in [9.17, 15) is 18.0 Å². The summed E-state index contributed by atoms with van der Waals surface area (Å²) in [7, 11) is 1.49. The fraction of sp³-hybridized carbons (Fsp3) is 0.100. The monoisotopic (exact) mass is 841 g/mol. The molecule has 0 bridgehead atoms. The number of methoxy groups -OCH3 is 1. The minimum absolute atomic E-state index is 0.0479. The van der Waals surface area contributed by atoms with Crippen LogP contribution in [0.1, 0.15) is 16.7 Å². The molecule has 0 spiro atoms. The third-order valence-corrected chi connectivity index (χ3v) is 9.65. The van der Waals surface area contributed by atoms with Crippen LogP contribution in [0.5, 0.6) is 11.5 Å². The second kappa shape index (κ2) is 12.9. The molecule has 0 amide bonds. The molecule has 1 aromatic heterocycles. The molecule has 13 heteroatoms. The highest BCUT2D eigenvalue weighted by molar-refractivity contribution is 9.13. The standard InChI is InChI=1S/C30H18Br4F3N3O3/c1-42-24-12-18(25(33)26(34)27(24)43-15-17-9-10-20(31)13-22(17)32)14-38-40-28(16-5-4-6-19(11-16)30(35,36)37)39-23-8-3-2-7-21(23)29(40)41/h2-14H,15H2,1H3. The number of fused-ring (bicyclic) bond motifs is 1. The van der Waals surface area contributed by atoms with Crippen molar-refractivity contribution in [2.75, 3.05) is 7.11 Å². The van der Waals surface area contributed by atoms with Crippen LogP contribution in [-0.4, -0.2) is 23.0 Å². The van der Waals surface area contributed by atoms with E-state index in [1.54, 1.807) is 30.3 Å². The Labute approximate surface area is 277 Å². The molecule has 5 aromatic rings. The number of aromatic nitrogens is 2. The lowest BCUT2D eigenvalue weighted by Crippen LogP contribution is -2.20. The summed E-state index contributed by atoms with van der Waals surface area (Å²) in [6.07, 6.45) is -3.19. The number of rotatable bonds is 7. The van der Waals surface area contributed by atoms with Gasteiger partial charge in [-0.05, 0) is 74.3 Å². The maximum atomic E-state index is 13.5. The van der Waals surface area contributed by atoms with E-state index in [2.05, 4.69) is 73.8 Å². The summed E-state index contributed by atoms with van der Waals surface area (Å²) < 4.78 is 56.0. The van der Waals surface area contributed by atoms with Crippen molar-refractivity contribution >= 4 is 80.8 Å². The molecule has 0 aliphatic heterocycles. The molecule has 0 saturated heterocycles. The Balaban J connectivity index is 1.58. The van der Waals surface area contributed by atoms with Crippen molar-refractivity contribution in [3.63, 3.8) is 0 Å². The van der Waals surface area contributed by atoms with Gasteiger partial charge in [-0.2, -0.15) is 22.9 Å². The number of alkyl halides is 3. The lowest BCUT2D eigenvalue weighted by molar-refractivity contribution is -0.137. The maximum Gasteiger partial charge on any atom is 0.416 e. The van der Waals surface area contributed by atoms with Gasteiger partial charge in [0, 0.05) is 30.1 Å². The van der Waals surface area contributed by atoms with E-state index in [0.29, 0.717) is 31.5 Å². The summed E-state index contributed by atoms with van der Waals surface area (Å²) in [5, 5.41) is 4.65. The Hall–Kier alpha value is -3.00. The van der Waals surface area contributed by atoms with Gasteiger partial charge in [0.2, 0.25) is 0 Å². The predicted molar refractivity (Wildman–Crippen MR) is 174 cm³/mol. The second-order valence-corrected chi connectivity index (χ2v) is 12.4. The largest absolute Gasteiger partial charge is 0.493 e. The smallest absolute Gasteiger partial charge is 0.416 e. The van der Waals surface area contributed by atoms with Gasteiger partial charge in [-0.1, -0.05) is 62.2 Å². The summed E-state index contributed by atoms with van der Waals surface area (Å²) in [5.41, 5.74) is 0.396. The number of halogens is 7. The van der Waals surface area contributed by atoms with Gasteiger partial charge >= 0.3 is 6.18 Å².